The van der Waals surface area contributed by atoms with Crippen molar-refractivity contribution in [3.63, 3.8) is 0 Å². The molecule has 32 heavy (non-hydrogen) atoms. The molecule has 3 rings (SSSR count). The van der Waals surface area contributed by atoms with Crippen molar-refractivity contribution < 1.29 is 17.6 Å². The summed E-state index contributed by atoms with van der Waals surface area (Å²) in [5.74, 6) is -1.12. The number of sulfonamides is 1. The third-order valence-corrected chi connectivity index (χ3v) is 6.69. The number of rotatable bonds is 8. The van der Waals surface area contributed by atoms with Crippen molar-refractivity contribution in [2.75, 3.05) is 29.0 Å². The Kier molecular flexibility index (Phi) is 7.93. The summed E-state index contributed by atoms with van der Waals surface area (Å²) in [6.45, 7) is 5.96. The molecular weight excluding hydrogens is 427 g/mol. The molecule has 1 unspecified atom stereocenters. The largest absolute Gasteiger partial charge is 0.371 e. The van der Waals surface area contributed by atoms with E-state index in [0.29, 0.717) is 18.4 Å². The summed E-state index contributed by atoms with van der Waals surface area (Å²) in [5.41, 5.74) is 4.05. The number of nitrogens with one attached hydrogen (secondary N) is 1. The molecule has 0 bridgehead atoms. The second kappa shape index (κ2) is 10.5. The number of carbonyl (C=O) groups is 1. The number of hydrogen-bond donors (Lipinski definition) is 1. The average Bonchev–Trinajstić information content (AvgIpc) is 3.02. The first-order valence-electron chi connectivity index (χ1n) is 11.3. The monoisotopic (exact) mass is 460 g/mol. The summed E-state index contributed by atoms with van der Waals surface area (Å²) in [6.07, 6.45) is 6.91. The van der Waals surface area contributed by atoms with Gasteiger partial charge in [-0.2, -0.15) is 0 Å². The van der Waals surface area contributed by atoms with Gasteiger partial charge in [0.15, 0.2) is 0 Å². The maximum atomic E-state index is 14.3. The summed E-state index contributed by atoms with van der Waals surface area (Å²) < 4.78 is 39.2. The number of halogens is 1. The molecule has 1 atom stereocenters. The van der Waals surface area contributed by atoms with Crippen LogP contribution in [-0.4, -0.2) is 33.5 Å². The summed E-state index contributed by atoms with van der Waals surface area (Å²) >= 11 is 0. The van der Waals surface area contributed by atoms with Crippen molar-refractivity contribution in [3.05, 3.63) is 58.9 Å². The van der Waals surface area contributed by atoms with Gasteiger partial charge in [-0.3, -0.25) is 9.52 Å². The highest BCUT2D eigenvalue weighted by molar-refractivity contribution is 7.92. The third kappa shape index (κ3) is 6.55. The molecule has 0 amide bonds. The van der Waals surface area contributed by atoms with Crippen molar-refractivity contribution in [2.45, 2.75) is 58.3 Å². The molecule has 2 aromatic carbocycles. The molecule has 7 heteroatoms. The van der Waals surface area contributed by atoms with Crippen LogP contribution >= 0.6 is 0 Å². The SMILES string of the molecule is Cc1ccc(CCC(=O)C(C)c2ccc(NS(C)(=O)=O)c(F)c2)c(N2CCCCCC2)c1. The molecule has 174 valence electrons. The lowest BCUT2D eigenvalue weighted by molar-refractivity contribution is -0.120. The van der Waals surface area contributed by atoms with Gasteiger partial charge in [0.25, 0.3) is 0 Å². The minimum atomic E-state index is -3.57. The van der Waals surface area contributed by atoms with E-state index in [1.807, 2.05) is 0 Å². The van der Waals surface area contributed by atoms with Crippen LogP contribution < -0.4 is 9.62 Å². The molecule has 0 aromatic heterocycles. The van der Waals surface area contributed by atoms with Crippen LogP contribution in [0.5, 0.6) is 0 Å². The minimum absolute atomic E-state index is 0.0376. The van der Waals surface area contributed by atoms with E-state index in [4.69, 9.17) is 0 Å². The van der Waals surface area contributed by atoms with E-state index in [1.165, 1.54) is 54.6 Å². The lowest BCUT2D eigenvalue weighted by Gasteiger charge is -2.26. The highest BCUT2D eigenvalue weighted by Gasteiger charge is 2.19. The third-order valence-electron chi connectivity index (χ3n) is 6.10. The Morgan fingerprint density at radius 2 is 1.78 bits per heavy atom. The van der Waals surface area contributed by atoms with Crippen molar-refractivity contribution in [1.82, 2.24) is 0 Å². The Hall–Kier alpha value is -2.41. The average molecular weight is 461 g/mol. The molecule has 2 aromatic rings. The molecule has 1 aliphatic heterocycles. The zero-order chi connectivity index (χ0) is 23.3. The smallest absolute Gasteiger partial charge is 0.229 e. The molecule has 1 fully saturated rings. The first-order chi connectivity index (χ1) is 15.1. The first-order valence-corrected chi connectivity index (χ1v) is 13.2. The van der Waals surface area contributed by atoms with E-state index in [-0.39, 0.29) is 11.5 Å². The van der Waals surface area contributed by atoms with Crippen LogP contribution in [0, 0.1) is 12.7 Å². The number of aryl methyl sites for hydroxylation is 2. The first kappa shape index (κ1) is 24.2. The minimum Gasteiger partial charge on any atom is -0.371 e. The second-order valence-corrected chi connectivity index (χ2v) is 10.6. The lowest BCUT2D eigenvalue weighted by atomic mass is 9.92. The van der Waals surface area contributed by atoms with Crippen molar-refractivity contribution in [1.29, 1.82) is 0 Å². The highest BCUT2D eigenvalue weighted by atomic mass is 32.2. The summed E-state index contributed by atoms with van der Waals surface area (Å²) in [7, 11) is -3.57. The van der Waals surface area contributed by atoms with E-state index in [0.717, 1.165) is 19.3 Å². The van der Waals surface area contributed by atoms with E-state index < -0.39 is 21.8 Å². The van der Waals surface area contributed by atoms with Crippen molar-refractivity contribution >= 4 is 27.2 Å². The number of benzene rings is 2. The van der Waals surface area contributed by atoms with E-state index in [1.54, 1.807) is 13.0 Å². The van der Waals surface area contributed by atoms with Crippen LogP contribution in [-0.2, 0) is 21.2 Å². The van der Waals surface area contributed by atoms with Gasteiger partial charge < -0.3 is 4.90 Å². The zero-order valence-corrected chi connectivity index (χ0v) is 20.0. The van der Waals surface area contributed by atoms with Crippen LogP contribution in [0.15, 0.2) is 36.4 Å². The topological polar surface area (TPSA) is 66.5 Å². The van der Waals surface area contributed by atoms with Gasteiger partial charge in [-0.15, -0.1) is 0 Å². The molecule has 0 saturated carbocycles. The number of anilines is 2. The summed E-state index contributed by atoms with van der Waals surface area (Å²) in [4.78, 5) is 15.4. The molecule has 0 radical (unpaired) electrons. The number of carbonyl (C=O) groups excluding carboxylic acids is 1. The molecule has 0 aliphatic carbocycles. The van der Waals surface area contributed by atoms with Gasteiger partial charge in [0.2, 0.25) is 10.0 Å². The van der Waals surface area contributed by atoms with Gasteiger partial charge in [-0.05, 0) is 61.1 Å². The standard InChI is InChI=1S/C25H33FN2O3S/c1-18-8-9-20(24(16-18)28-14-6-4-5-7-15-28)11-13-25(29)19(2)21-10-12-23(22(26)17-21)27-32(3,30)31/h8-10,12,16-17,19,27H,4-7,11,13-15H2,1-3H3. The van der Waals surface area contributed by atoms with E-state index in [2.05, 4.69) is 34.7 Å². The Morgan fingerprint density at radius 3 is 2.41 bits per heavy atom. The summed E-state index contributed by atoms with van der Waals surface area (Å²) in [6, 6.07) is 10.6. The molecular formula is C25H33FN2O3S. The van der Waals surface area contributed by atoms with Gasteiger partial charge in [0, 0.05) is 31.1 Å². The molecule has 0 spiro atoms. The van der Waals surface area contributed by atoms with Gasteiger partial charge in [-0.25, -0.2) is 12.8 Å². The Bertz CT molecular complexity index is 1060. The lowest BCUT2D eigenvalue weighted by Crippen LogP contribution is -2.25. The summed E-state index contributed by atoms with van der Waals surface area (Å²) in [5, 5.41) is 0. The van der Waals surface area contributed by atoms with Crippen molar-refractivity contribution in [3.8, 4) is 0 Å². The molecule has 1 saturated heterocycles. The predicted molar refractivity (Wildman–Crippen MR) is 128 cm³/mol. The van der Waals surface area contributed by atoms with Gasteiger partial charge >= 0.3 is 0 Å². The maximum absolute atomic E-state index is 14.3. The molecule has 5 nitrogen and oxygen atoms in total. The Morgan fingerprint density at radius 1 is 1.09 bits per heavy atom. The van der Waals surface area contributed by atoms with Crippen LogP contribution in [0.3, 0.4) is 0 Å². The molecule has 1 heterocycles. The van der Waals surface area contributed by atoms with Gasteiger partial charge in [0.1, 0.15) is 11.6 Å². The predicted octanol–water partition coefficient (Wildman–Crippen LogP) is 5.19. The number of nitrogens with zero attached hydrogens (tertiary/aromatic N) is 1. The maximum Gasteiger partial charge on any atom is 0.229 e. The van der Waals surface area contributed by atoms with Gasteiger partial charge in [-0.1, -0.05) is 38.0 Å². The fraction of sp³-hybridized carbons (Fsp3) is 0.480. The fourth-order valence-corrected chi connectivity index (χ4v) is 4.80. The number of Topliss-reactive ketones (excluding diaryl/α,β-unsaturated/α-hetero) is 1. The van der Waals surface area contributed by atoms with E-state index in [9.17, 15) is 17.6 Å². The normalized spacial score (nSPS) is 15.8. The highest BCUT2D eigenvalue weighted by Crippen LogP contribution is 2.28. The van der Waals surface area contributed by atoms with Crippen LogP contribution in [0.25, 0.3) is 0 Å². The van der Waals surface area contributed by atoms with Crippen LogP contribution in [0.4, 0.5) is 15.8 Å². The van der Waals surface area contributed by atoms with Gasteiger partial charge in [0.05, 0.1) is 11.9 Å². The zero-order valence-electron chi connectivity index (χ0n) is 19.2. The Labute approximate surface area is 191 Å². The van der Waals surface area contributed by atoms with E-state index >= 15 is 0 Å². The quantitative estimate of drug-likeness (QED) is 0.589. The fourth-order valence-electron chi connectivity index (χ4n) is 4.23. The Balaban J connectivity index is 1.70. The molecule has 1 N–H and O–H groups in total. The molecule has 1 aliphatic rings. The van der Waals surface area contributed by atoms with Crippen LogP contribution in [0.1, 0.15) is 61.6 Å². The number of ketones is 1. The second-order valence-electron chi connectivity index (χ2n) is 8.83. The van der Waals surface area contributed by atoms with Crippen LogP contribution in [0.2, 0.25) is 0 Å². The number of hydrogen-bond acceptors (Lipinski definition) is 4. The van der Waals surface area contributed by atoms with Crippen molar-refractivity contribution in [2.24, 2.45) is 0 Å².